The summed E-state index contributed by atoms with van der Waals surface area (Å²) in [6.45, 7) is 0. The van der Waals surface area contributed by atoms with E-state index in [1.807, 2.05) is 0 Å². The number of rotatable bonds is 12. The number of hydrogen-bond acceptors (Lipinski definition) is 0. The van der Waals surface area contributed by atoms with E-state index >= 15 is 0 Å². The summed E-state index contributed by atoms with van der Waals surface area (Å²) in [4.78, 5) is 0. The van der Waals surface area contributed by atoms with Gasteiger partial charge in [-0.1, -0.05) is 115 Å². The van der Waals surface area contributed by atoms with Crippen LogP contribution in [-0.4, -0.2) is 25.8 Å². The molecule has 0 spiro atoms. The third-order valence-corrected chi connectivity index (χ3v) is 12.1. The molecule has 0 nitrogen and oxygen atoms in total. The molecule has 0 aromatic heterocycles. The minimum absolute atomic E-state index is 0.899. The Morgan fingerprint density at radius 1 is 0.471 bits per heavy atom. The van der Waals surface area contributed by atoms with Gasteiger partial charge in [-0.25, -0.2) is 0 Å². The summed E-state index contributed by atoms with van der Waals surface area (Å²) in [5.74, 6) is 0. The summed E-state index contributed by atoms with van der Waals surface area (Å²) in [7, 11) is -0.899. The average molecular weight is 704 g/mol. The van der Waals surface area contributed by atoms with Gasteiger partial charge in [0.15, 0.2) is 0 Å². The molecule has 0 fully saturated rings. The molecule has 0 saturated heterocycles. The first-order valence-corrected chi connectivity index (χ1v) is 15.4. The van der Waals surface area contributed by atoms with Gasteiger partial charge in [-0.15, -0.1) is 0 Å². The Morgan fingerprint density at radius 2 is 0.706 bits per heavy atom. The van der Waals surface area contributed by atoms with Crippen LogP contribution in [0.3, 0.4) is 0 Å². The second kappa shape index (κ2) is 14.1. The van der Waals surface area contributed by atoms with E-state index in [2.05, 4.69) is 90.4 Å². The Balaban J connectivity index is 4.39. The van der Waals surface area contributed by atoms with Crippen LogP contribution in [0.25, 0.3) is 0 Å². The van der Waals surface area contributed by atoms with Crippen molar-refractivity contribution in [3.05, 3.63) is 0 Å². The van der Waals surface area contributed by atoms with E-state index in [1.54, 1.807) is 24.2 Å². The molecule has 17 heavy (non-hydrogen) atoms. The summed E-state index contributed by atoms with van der Waals surface area (Å²) in [6.07, 6.45) is 5.93. The van der Waals surface area contributed by atoms with Crippen LogP contribution in [-0.2, 0) is 0 Å². The fraction of sp³-hybridized carbons (Fsp3) is 1.00. The van der Waals surface area contributed by atoms with Crippen LogP contribution in [0.1, 0.15) is 25.7 Å². The first-order valence-electron chi connectivity index (χ1n) is 6.48. The fourth-order valence-electron chi connectivity index (χ4n) is 2.52. The summed E-state index contributed by atoms with van der Waals surface area (Å²) in [5.41, 5.74) is 0. The van der Waals surface area contributed by atoms with E-state index in [9.17, 15) is 0 Å². The summed E-state index contributed by atoms with van der Waals surface area (Å²) < 4.78 is 5.47. The zero-order chi connectivity index (χ0) is 13.0. The van der Waals surface area contributed by atoms with Crippen molar-refractivity contribution < 1.29 is 0 Å². The van der Waals surface area contributed by atoms with Crippen molar-refractivity contribution >= 4 is 98.4 Å². The molecular formula is C12H24I4Si. The van der Waals surface area contributed by atoms with E-state index in [0.717, 1.165) is 0 Å². The molecule has 104 valence electrons. The summed E-state index contributed by atoms with van der Waals surface area (Å²) in [5, 5.41) is 0. The van der Waals surface area contributed by atoms with Crippen LogP contribution in [0, 0.1) is 0 Å². The minimum atomic E-state index is -0.899. The maximum Gasteiger partial charge on any atom is 0.0536 e. The van der Waals surface area contributed by atoms with Crippen molar-refractivity contribution in [3.63, 3.8) is 0 Å². The lowest BCUT2D eigenvalue weighted by molar-refractivity contribution is 0.904. The number of alkyl halides is 4. The van der Waals surface area contributed by atoms with E-state index < -0.39 is 8.07 Å². The zero-order valence-electron chi connectivity index (χ0n) is 10.5. The summed E-state index contributed by atoms with van der Waals surface area (Å²) in [6, 6.07) is 6.44. The predicted molar refractivity (Wildman–Crippen MR) is 119 cm³/mol. The monoisotopic (exact) mass is 704 g/mol. The van der Waals surface area contributed by atoms with Gasteiger partial charge in [0.05, 0.1) is 8.07 Å². The van der Waals surface area contributed by atoms with Gasteiger partial charge in [0.2, 0.25) is 0 Å². The Kier molecular flexibility index (Phi) is 16.7. The largest absolute Gasteiger partial charge is 0.0864 e. The fourth-order valence-corrected chi connectivity index (χ4v) is 12.1. The lowest BCUT2D eigenvalue weighted by atomic mass is 10.5. The second-order valence-electron chi connectivity index (χ2n) is 4.67. The van der Waals surface area contributed by atoms with Gasteiger partial charge in [0.25, 0.3) is 0 Å². The van der Waals surface area contributed by atoms with Gasteiger partial charge < -0.3 is 0 Å². The minimum Gasteiger partial charge on any atom is -0.0864 e. The van der Waals surface area contributed by atoms with Gasteiger partial charge in [0.1, 0.15) is 0 Å². The highest BCUT2D eigenvalue weighted by Gasteiger charge is 2.30. The molecule has 0 aliphatic carbocycles. The van der Waals surface area contributed by atoms with Gasteiger partial charge in [0, 0.05) is 0 Å². The van der Waals surface area contributed by atoms with E-state index in [1.165, 1.54) is 43.4 Å². The molecule has 0 amide bonds. The van der Waals surface area contributed by atoms with Gasteiger partial charge >= 0.3 is 0 Å². The van der Waals surface area contributed by atoms with Crippen molar-refractivity contribution in [1.29, 1.82) is 0 Å². The van der Waals surface area contributed by atoms with Crippen molar-refractivity contribution in [3.8, 4) is 0 Å². The third kappa shape index (κ3) is 10.5. The molecule has 0 aromatic rings. The van der Waals surface area contributed by atoms with Crippen LogP contribution in [0.5, 0.6) is 0 Å². The second-order valence-corrected chi connectivity index (χ2v) is 14.0. The maximum absolute atomic E-state index is 2.56. The van der Waals surface area contributed by atoms with Crippen molar-refractivity contribution in [2.75, 3.05) is 17.7 Å². The van der Waals surface area contributed by atoms with Gasteiger partial charge in [-0.2, -0.15) is 0 Å². The molecule has 0 atom stereocenters. The van der Waals surface area contributed by atoms with Crippen LogP contribution >= 0.6 is 90.4 Å². The predicted octanol–water partition coefficient (Wildman–Crippen LogP) is 6.74. The summed E-state index contributed by atoms with van der Waals surface area (Å²) >= 11 is 10.2. The molecule has 0 aromatic carbocycles. The van der Waals surface area contributed by atoms with Crippen molar-refractivity contribution in [2.24, 2.45) is 0 Å². The van der Waals surface area contributed by atoms with E-state index in [-0.39, 0.29) is 0 Å². The Hall–Kier alpha value is 3.14. The molecule has 0 rings (SSSR count). The van der Waals surface area contributed by atoms with Gasteiger partial charge in [-0.05, 0) is 43.4 Å². The Bertz CT molecular complexity index is 129. The molecule has 0 aliphatic rings. The molecule has 0 radical (unpaired) electrons. The Morgan fingerprint density at radius 3 is 0.882 bits per heavy atom. The molecule has 0 N–H and O–H groups in total. The molecule has 0 aliphatic heterocycles. The lowest BCUT2D eigenvalue weighted by Crippen LogP contribution is -2.34. The first-order chi connectivity index (χ1) is 8.24. The van der Waals surface area contributed by atoms with Crippen LogP contribution in [0.15, 0.2) is 0 Å². The highest BCUT2D eigenvalue weighted by atomic mass is 127. The quantitative estimate of drug-likeness (QED) is 0.120. The molecule has 5 heteroatoms. The topological polar surface area (TPSA) is 0 Å². The van der Waals surface area contributed by atoms with Crippen molar-refractivity contribution in [1.82, 2.24) is 0 Å². The maximum atomic E-state index is 2.56. The zero-order valence-corrected chi connectivity index (χ0v) is 20.1. The van der Waals surface area contributed by atoms with E-state index in [4.69, 9.17) is 0 Å². The van der Waals surface area contributed by atoms with Crippen LogP contribution in [0.4, 0.5) is 0 Å². The number of hydrogen-bond donors (Lipinski definition) is 0. The standard InChI is InChI=1S/C12H24I4Si/c13-5-1-9-17(10-2-6-14,11-3-7-15)12-4-8-16/h1-12H2. The highest BCUT2D eigenvalue weighted by molar-refractivity contribution is 14.1. The molecule has 0 saturated carbocycles. The first kappa shape index (κ1) is 20.1. The Labute approximate surface area is 163 Å². The lowest BCUT2D eigenvalue weighted by Gasteiger charge is -2.32. The number of halogens is 4. The average Bonchev–Trinajstić information content (AvgIpc) is 2.37. The smallest absolute Gasteiger partial charge is 0.0536 e. The molecular weight excluding hydrogens is 680 g/mol. The highest BCUT2D eigenvalue weighted by Crippen LogP contribution is 2.32. The molecule has 0 bridgehead atoms. The van der Waals surface area contributed by atoms with Gasteiger partial charge in [-0.3, -0.25) is 0 Å². The van der Waals surface area contributed by atoms with Crippen LogP contribution < -0.4 is 0 Å². The molecule has 0 heterocycles. The molecule has 0 unspecified atom stereocenters. The van der Waals surface area contributed by atoms with E-state index in [0.29, 0.717) is 0 Å². The van der Waals surface area contributed by atoms with Crippen molar-refractivity contribution in [2.45, 2.75) is 49.9 Å². The normalized spacial score (nSPS) is 12.0. The SMILES string of the molecule is ICCC[Si](CCCI)(CCCI)CCCI. The van der Waals surface area contributed by atoms with Crippen LogP contribution in [0.2, 0.25) is 24.2 Å². The third-order valence-electron chi connectivity index (χ3n) is 3.36.